The Morgan fingerprint density at radius 3 is 2.58 bits per heavy atom. The lowest BCUT2D eigenvalue weighted by atomic mass is 10.1. The SMILES string of the molecule is CCCOc1ccc(S(=O)(=O)N(CCO)CCCOC)cc1-c1cc2c(CCC)nn(C)c2c(=O)[nH]1. The van der Waals surface area contributed by atoms with Crippen LogP contribution in [-0.4, -0.2) is 72.6 Å². The summed E-state index contributed by atoms with van der Waals surface area (Å²) >= 11 is 0. The number of aryl methyl sites for hydroxylation is 2. The normalized spacial score (nSPS) is 12.1. The number of H-pyrrole nitrogens is 1. The second kappa shape index (κ2) is 12.5. The van der Waals surface area contributed by atoms with E-state index in [-0.39, 0.29) is 30.2 Å². The number of nitrogens with zero attached hydrogens (tertiary/aromatic N) is 3. The molecule has 2 aromatic heterocycles. The molecule has 36 heavy (non-hydrogen) atoms. The fourth-order valence-electron chi connectivity index (χ4n) is 4.16. The van der Waals surface area contributed by atoms with E-state index in [1.165, 1.54) is 16.4 Å². The van der Waals surface area contributed by atoms with Crippen LogP contribution < -0.4 is 10.3 Å². The molecule has 0 saturated heterocycles. The summed E-state index contributed by atoms with van der Waals surface area (Å²) in [6, 6.07) is 6.47. The predicted octanol–water partition coefficient (Wildman–Crippen LogP) is 2.69. The molecular weight excluding hydrogens is 484 g/mol. The number of hydrogen-bond acceptors (Lipinski definition) is 7. The third kappa shape index (κ3) is 5.97. The third-order valence-corrected chi connectivity index (χ3v) is 7.74. The Labute approximate surface area is 211 Å². The van der Waals surface area contributed by atoms with E-state index in [9.17, 15) is 18.3 Å². The number of aromatic nitrogens is 3. The molecule has 0 aliphatic heterocycles. The van der Waals surface area contributed by atoms with Crippen LogP contribution in [0.1, 0.15) is 38.8 Å². The molecule has 0 amide bonds. The zero-order chi connectivity index (χ0) is 26.3. The molecule has 0 aliphatic rings. The minimum Gasteiger partial charge on any atom is -0.493 e. The highest BCUT2D eigenvalue weighted by atomic mass is 32.2. The minimum atomic E-state index is -3.92. The quantitative estimate of drug-likeness (QED) is 0.313. The number of methoxy groups -OCH3 is 1. The van der Waals surface area contributed by atoms with Gasteiger partial charge in [-0.3, -0.25) is 9.48 Å². The number of ether oxygens (including phenoxy) is 2. The molecule has 2 N–H and O–H groups in total. The Morgan fingerprint density at radius 2 is 1.92 bits per heavy atom. The van der Waals surface area contributed by atoms with E-state index in [0.717, 1.165) is 23.9 Å². The van der Waals surface area contributed by atoms with Crippen molar-refractivity contribution in [3.8, 4) is 17.0 Å². The maximum Gasteiger partial charge on any atom is 0.274 e. The molecule has 0 atom stereocenters. The molecule has 198 valence electrons. The summed E-state index contributed by atoms with van der Waals surface area (Å²) in [7, 11) is -0.635. The summed E-state index contributed by atoms with van der Waals surface area (Å²) in [6.07, 6.45) is 2.84. The number of pyridine rings is 1. The number of nitrogens with one attached hydrogen (secondary N) is 1. The Bertz CT molecular complexity index is 1330. The average Bonchev–Trinajstić information content (AvgIpc) is 3.17. The van der Waals surface area contributed by atoms with Crippen LogP contribution in [0.25, 0.3) is 22.2 Å². The minimum absolute atomic E-state index is 0.0334. The van der Waals surface area contributed by atoms with Crippen molar-refractivity contribution in [3.63, 3.8) is 0 Å². The summed E-state index contributed by atoms with van der Waals surface area (Å²) in [4.78, 5) is 16.0. The standard InChI is InChI=1S/C25H36N4O6S/c1-5-8-21-20-17-22(26-25(31)24(20)28(3)27-21)19-16-18(9-10-23(19)35-14-6-2)36(32,33)29(12-13-30)11-7-15-34-4/h9-10,16-17,30H,5-8,11-15H2,1-4H3,(H,26,31). The lowest BCUT2D eigenvalue weighted by Gasteiger charge is -2.22. The molecule has 10 nitrogen and oxygen atoms in total. The summed E-state index contributed by atoms with van der Waals surface area (Å²) in [5.41, 5.74) is 1.89. The number of rotatable bonds is 14. The molecule has 1 aromatic carbocycles. The van der Waals surface area contributed by atoms with Crippen molar-refractivity contribution in [1.29, 1.82) is 0 Å². The van der Waals surface area contributed by atoms with E-state index < -0.39 is 10.0 Å². The van der Waals surface area contributed by atoms with Crippen molar-refractivity contribution < 1.29 is 23.0 Å². The summed E-state index contributed by atoms with van der Waals surface area (Å²) in [5, 5.41) is 14.7. The van der Waals surface area contributed by atoms with E-state index in [2.05, 4.69) is 10.1 Å². The predicted molar refractivity (Wildman–Crippen MR) is 139 cm³/mol. The maximum absolute atomic E-state index is 13.5. The largest absolute Gasteiger partial charge is 0.493 e. The van der Waals surface area contributed by atoms with E-state index in [0.29, 0.717) is 48.6 Å². The molecule has 11 heteroatoms. The lowest BCUT2D eigenvalue weighted by Crippen LogP contribution is -2.35. The highest BCUT2D eigenvalue weighted by Crippen LogP contribution is 2.33. The number of benzene rings is 1. The molecule has 3 rings (SSSR count). The zero-order valence-electron chi connectivity index (χ0n) is 21.4. The fourth-order valence-corrected chi connectivity index (χ4v) is 5.66. The molecule has 2 heterocycles. The van der Waals surface area contributed by atoms with Crippen LogP contribution in [0.15, 0.2) is 34.0 Å². The maximum atomic E-state index is 13.5. The Kier molecular flexibility index (Phi) is 9.66. The van der Waals surface area contributed by atoms with Gasteiger partial charge in [0.15, 0.2) is 0 Å². The summed E-state index contributed by atoms with van der Waals surface area (Å²) in [6.45, 7) is 4.73. The van der Waals surface area contributed by atoms with Crippen LogP contribution in [0.3, 0.4) is 0 Å². The van der Waals surface area contributed by atoms with Gasteiger partial charge < -0.3 is 19.6 Å². The fraction of sp³-hybridized carbons (Fsp3) is 0.520. The van der Waals surface area contributed by atoms with Crippen LogP contribution in [0, 0.1) is 0 Å². The van der Waals surface area contributed by atoms with E-state index >= 15 is 0 Å². The van der Waals surface area contributed by atoms with E-state index in [4.69, 9.17) is 9.47 Å². The van der Waals surface area contributed by atoms with Crippen molar-refractivity contribution in [2.45, 2.75) is 44.4 Å². The van der Waals surface area contributed by atoms with Crippen molar-refractivity contribution in [2.75, 3.05) is 40.0 Å². The van der Waals surface area contributed by atoms with E-state index in [1.54, 1.807) is 24.9 Å². The van der Waals surface area contributed by atoms with Gasteiger partial charge in [0, 0.05) is 44.8 Å². The number of aliphatic hydroxyl groups is 1. The van der Waals surface area contributed by atoms with Gasteiger partial charge in [0.05, 0.1) is 29.5 Å². The van der Waals surface area contributed by atoms with Crippen LogP contribution in [0.4, 0.5) is 0 Å². The van der Waals surface area contributed by atoms with Crippen molar-refractivity contribution >= 4 is 20.9 Å². The highest BCUT2D eigenvalue weighted by Gasteiger charge is 2.26. The Morgan fingerprint density at radius 1 is 1.14 bits per heavy atom. The first-order chi connectivity index (χ1) is 17.3. The highest BCUT2D eigenvalue weighted by molar-refractivity contribution is 7.89. The Balaban J connectivity index is 2.16. The third-order valence-electron chi connectivity index (χ3n) is 5.85. The van der Waals surface area contributed by atoms with Crippen molar-refractivity contribution in [1.82, 2.24) is 19.1 Å². The molecule has 0 radical (unpaired) electrons. The van der Waals surface area contributed by atoms with Gasteiger partial charge in [-0.1, -0.05) is 20.3 Å². The number of fused-ring (bicyclic) bond motifs is 1. The van der Waals surface area contributed by atoms with Crippen molar-refractivity contribution in [2.24, 2.45) is 7.05 Å². The number of sulfonamides is 1. The van der Waals surface area contributed by atoms with Crippen LogP contribution in [0.2, 0.25) is 0 Å². The zero-order valence-corrected chi connectivity index (χ0v) is 22.2. The first kappa shape index (κ1) is 27.9. The molecule has 0 aliphatic carbocycles. The van der Waals surface area contributed by atoms with Gasteiger partial charge in [0.25, 0.3) is 5.56 Å². The smallest absolute Gasteiger partial charge is 0.274 e. The van der Waals surface area contributed by atoms with Crippen LogP contribution >= 0.6 is 0 Å². The Hall–Kier alpha value is -2.73. The molecule has 0 unspecified atom stereocenters. The number of aliphatic hydroxyl groups excluding tert-OH is 1. The molecule has 0 bridgehead atoms. The van der Waals surface area contributed by atoms with Gasteiger partial charge in [-0.2, -0.15) is 9.40 Å². The first-order valence-corrected chi connectivity index (χ1v) is 13.7. The summed E-state index contributed by atoms with van der Waals surface area (Å²) < 4.78 is 40.8. The van der Waals surface area contributed by atoms with Gasteiger partial charge in [0.1, 0.15) is 11.3 Å². The van der Waals surface area contributed by atoms with Crippen LogP contribution in [-0.2, 0) is 28.2 Å². The monoisotopic (exact) mass is 520 g/mol. The number of aromatic amines is 1. The van der Waals surface area contributed by atoms with Gasteiger partial charge in [-0.05, 0) is 43.5 Å². The number of hydrogen-bond donors (Lipinski definition) is 2. The first-order valence-electron chi connectivity index (χ1n) is 12.2. The van der Waals surface area contributed by atoms with Crippen molar-refractivity contribution in [3.05, 3.63) is 40.3 Å². The second-order valence-corrected chi connectivity index (χ2v) is 10.5. The lowest BCUT2D eigenvalue weighted by molar-refractivity contribution is 0.182. The van der Waals surface area contributed by atoms with Gasteiger partial charge in [-0.15, -0.1) is 0 Å². The average molecular weight is 521 g/mol. The topological polar surface area (TPSA) is 127 Å². The van der Waals surface area contributed by atoms with E-state index in [1.807, 2.05) is 19.9 Å². The van der Waals surface area contributed by atoms with Gasteiger partial charge in [0.2, 0.25) is 10.0 Å². The van der Waals surface area contributed by atoms with Gasteiger partial charge >= 0.3 is 0 Å². The second-order valence-electron chi connectivity index (χ2n) is 8.58. The molecule has 0 saturated carbocycles. The van der Waals surface area contributed by atoms with Gasteiger partial charge in [-0.25, -0.2) is 8.42 Å². The molecular formula is C25H36N4O6S. The molecule has 0 fully saturated rings. The molecule has 0 spiro atoms. The van der Waals surface area contributed by atoms with Crippen LogP contribution in [0.5, 0.6) is 5.75 Å². The molecule has 3 aromatic rings. The summed E-state index contributed by atoms with van der Waals surface area (Å²) in [5.74, 6) is 0.472.